The minimum atomic E-state index is -5.50. The summed E-state index contributed by atoms with van der Waals surface area (Å²) in [6, 6.07) is 20.1. The zero-order chi connectivity index (χ0) is 75.7. The van der Waals surface area contributed by atoms with Crippen molar-refractivity contribution in [1.82, 2.24) is 6.15 Å². The molecule has 0 atom stereocenters. The number of allylic oxidation sites excluding steroid dienone is 2. The number of benzene rings is 8. The Hall–Kier alpha value is -5.33. The Bertz CT molecular complexity index is 5980. The molecular formula is C50H47CaMgNO36S12+4. The van der Waals surface area contributed by atoms with Crippen LogP contribution in [0.25, 0.3) is 66.4 Å². The molecule has 540 valence electrons. The summed E-state index contributed by atoms with van der Waals surface area (Å²) in [6.07, 6.45) is 1.74. The normalized spacial score (nSPS) is 12.7. The largest absolute Gasteiger partial charge is 2.00 e. The van der Waals surface area contributed by atoms with Gasteiger partial charge in [-0.2, -0.15) is 101 Å². The molecule has 0 aliphatic carbocycles. The first-order valence-corrected chi connectivity index (χ1v) is 41.8. The van der Waals surface area contributed by atoms with Crippen molar-refractivity contribution in [2.45, 2.75) is 72.6 Å². The van der Waals surface area contributed by atoms with Gasteiger partial charge in [0.1, 0.15) is 58.7 Å². The van der Waals surface area contributed by atoms with Gasteiger partial charge in [0.05, 0.1) is 0 Å². The van der Waals surface area contributed by atoms with E-state index in [1.54, 1.807) is 0 Å². The Kier molecular flexibility index (Phi) is 28.5. The Morgan fingerprint density at radius 2 is 0.396 bits per heavy atom. The van der Waals surface area contributed by atoms with E-state index in [1.165, 1.54) is 86.6 Å². The average molecular weight is 1690 g/mol. The van der Waals surface area contributed by atoms with Crippen LogP contribution in [0.1, 0.15) is 36.1 Å². The summed E-state index contributed by atoms with van der Waals surface area (Å²) >= 11 is 0. The van der Waals surface area contributed by atoms with Gasteiger partial charge in [-0.25, -0.2) is 0 Å². The maximum Gasteiger partial charge on any atom is 2.00 e. The van der Waals surface area contributed by atoms with E-state index < -0.39 is 202 Å². The van der Waals surface area contributed by atoms with Crippen molar-refractivity contribution in [1.29, 1.82) is 0 Å². The second kappa shape index (κ2) is 31.4. The maximum atomic E-state index is 11.8. The molecule has 0 aliphatic heterocycles. The van der Waals surface area contributed by atoms with Gasteiger partial charge in [-0.15, -0.1) is 0 Å². The molecule has 0 heterocycles. The third-order valence-electron chi connectivity index (χ3n) is 12.8. The van der Waals surface area contributed by atoms with Crippen LogP contribution < -0.4 is 6.15 Å². The molecule has 8 rings (SSSR count). The third-order valence-corrected chi connectivity index (χ3v) is 25.0. The Morgan fingerprint density at radius 1 is 0.257 bits per heavy atom. The molecule has 0 saturated heterocycles. The maximum absolute atomic E-state index is 11.8. The number of fused-ring (bicyclic) bond motifs is 4. The quantitative estimate of drug-likeness (QED) is 0.0443. The van der Waals surface area contributed by atoms with Crippen molar-refractivity contribution >= 4 is 249 Å². The van der Waals surface area contributed by atoms with E-state index in [1.807, 2.05) is 0 Å². The first-order valence-electron chi connectivity index (χ1n) is 24.6. The van der Waals surface area contributed by atoms with Crippen LogP contribution in [0.15, 0.2) is 182 Å². The second-order valence-electron chi connectivity index (χ2n) is 19.4. The fraction of sp³-hybridized carbons (Fsp3) is 0.0400. The fourth-order valence-corrected chi connectivity index (χ4v) is 24.3. The molecule has 51 heteroatoms. The van der Waals surface area contributed by atoms with Crippen molar-refractivity contribution in [3.63, 3.8) is 0 Å². The van der Waals surface area contributed by atoms with Crippen LogP contribution in [0.4, 0.5) is 0 Å². The molecule has 0 amide bonds. The van der Waals surface area contributed by atoms with Crippen LogP contribution in [0.3, 0.4) is 0 Å². The van der Waals surface area contributed by atoms with Gasteiger partial charge in [-0.3, -0.25) is 54.6 Å². The topological polar surface area (TPSA) is 687 Å². The summed E-state index contributed by atoms with van der Waals surface area (Å²) in [7, 11) is -64.5. The van der Waals surface area contributed by atoms with Gasteiger partial charge in [0.15, 0.2) is 0 Å². The van der Waals surface area contributed by atoms with Gasteiger partial charge < -0.3 is 6.15 Å². The first-order chi connectivity index (χ1) is 43.9. The summed E-state index contributed by atoms with van der Waals surface area (Å²) in [5, 5.41) is -1.97. The summed E-state index contributed by atoms with van der Waals surface area (Å²) in [5.41, 5.74) is -1.77. The minimum Gasteiger partial charge on any atom is -0.344 e. The van der Waals surface area contributed by atoms with Crippen molar-refractivity contribution < 1.29 is 156 Å². The molecule has 101 heavy (non-hydrogen) atoms. The van der Waals surface area contributed by atoms with Gasteiger partial charge in [0.25, 0.3) is 121 Å². The van der Waals surface area contributed by atoms with Crippen molar-refractivity contribution in [2.24, 2.45) is 0 Å². The van der Waals surface area contributed by atoms with Crippen molar-refractivity contribution in [2.75, 3.05) is 0 Å². The predicted molar refractivity (Wildman–Crippen MR) is 360 cm³/mol. The molecule has 0 radical (unpaired) electrons. The molecule has 8 aromatic rings. The van der Waals surface area contributed by atoms with E-state index in [0.29, 0.717) is 0 Å². The van der Waals surface area contributed by atoms with Gasteiger partial charge in [-0.05, 0) is 46.5 Å². The van der Waals surface area contributed by atoms with Gasteiger partial charge in [-0.1, -0.05) is 136 Å². The molecule has 8 aromatic carbocycles. The van der Waals surface area contributed by atoms with Crippen molar-refractivity contribution in [3.05, 3.63) is 146 Å². The second-order valence-corrected chi connectivity index (χ2v) is 35.7. The smallest absolute Gasteiger partial charge is 0.344 e. The fourth-order valence-electron chi connectivity index (χ4n) is 9.71. The zero-order valence-corrected chi connectivity index (χ0v) is 63.8. The van der Waals surface area contributed by atoms with Crippen LogP contribution in [-0.4, -0.2) is 216 Å². The molecule has 0 aliphatic rings. The molecule has 37 nitrogen and oxygen atoms in total. The van der Waals surface area contributed by atoms with Gasteiger partial charge in [0.2, 0.25) is 0 Å². The number of rotatable bonds is 16. The van der Waals surface area contributed by atoms with Crippen LogP contribution >= 0.6 is 0 Å². The predicted octanol–water partition coefficient (Wildman–Crippen LogP) is 5.07. The van der Waals surface area contributed by atoms with Crippen LogP contribution in [-0.2, 0) is 121 Å². The molecule has 0 unspecified atom stereocenters. The van der Waals surface area contributed by atoms with E-state index in [4.69, 9.17) is 0 Å². The van der Waals surface area contributed by atoms with E-state index in [2.05, 4.69) is 26.3 Å². The number of hydrogen-bond donors (Lipinski definition) is 13. The molecule has 0 saturated carbocycles. The summed E-state index contributed by atoms with van der Waals surface area (Å²) in [6.45, 7) is 16.2. The average Bonchev–Trinajstić information content (AvgIpc) is 0.744. The van der Waals surface area contributed by atoms with Gasteiger partial charge in [0, 0.05) is 43.8 Å². The summed E-state index contributed by atoms with van der Waals surface area (Å²) < 4.78 is 394. The van der Waals surface area contributed by atoms with Gasteiger partial charge >= 0.3 is 60.8 Å². The number of hydrogen-bond acceptors (Lipinski definition) is 25. The Balaban J connectivity index is 0.000000453. The molecule has 0 aromatic heterocycles. The molecular weight excluding hydrogens is 1640 g/mol. The van der Waals surface area contributed by atoms with E-state index in [-0.39, 0.29) is 121 Å². The van der Waals surface area contributed by atoms with E-state index in [9.17, 15) is 156 Å². The van der Waals surface area contributed by atoms with Crippen LogP contribution in [0.2, 0.25) is 0 Å². The summed E-state index contributed by atoms with van der Waals surface area (Å²) in [4.78, 5) is -17.6. The Morgan fingerprint density at radius 3 is 0.545 bits per heavy atom. The molecule has 15 N–H and O–H groups in total. The van der Waals surface area contributed by atoms with Crippen LogP contribution in [0.5, 0.6) is 0 Å². The van der Waals surface area contributed by atoms with Crippen LogP contribution in [0, 0.1) is 0 Å². The standard InChI is InChI=1S/2C13H12O9S3.2C12H10O9S3.Ca.Mg.H3N/c2*1-7(2)10-8-5-3-4-6-9(8)11(23(14,15)16)13(25(20,21)22)12(10)24(17,18)19;2*1-2-7-8-5-3-4-6-9(8)11(23(16,17)18)12(24(19,20)21)10(7)22(13,14)15;;;/h2*3-6H,1H2,2H3,(H,14,15,16)(H,17,18,19)(H,20,21,22);2*2-6H,1H2,(H,13,14,15)(H,16,17,18)(H,19,20,21);;;1H3/q;;;;2*+2;. The minimum absolute atomic E-state index is 0. The molecule has 0 bridgehead atoms. The summed E-state index contributed by atoms with van der Waals surface area (Å²) in [5.74, 6) is 0. The first kappa shape index (κ1) is 91.7. The van der Waals surface area contributed by atoms with E-state index >= 15 is 0 Å². The third kappa shape index (κ3) is 19.8. The zero-order valence-electron chi connectivity index (χ0n) is 50.4. The van der Waals surface area contributed by atoms with Crippen molar-refractivity contribution in [3.8, 4) is 0 Å². The van der Waals surface area contributed by atoms with E-state index in [0.717, 1.165) is 36.4 Å². The molecule has 0 fully saturated rings. The monoisotopic (exact) mass is 1680 g/mol. The Labute approximate surface area is 621 Å². The molecule has 0 spiro atoms. The SMILES string of the molecule is C=C(C)c1c(S(=O)(=O)O)c(S(=O)(=O)O)c(S(=O)(=O)O)c2ccccc12.C=C(C)c1c(S(=O)(=O)O)c(S(=O)(=O)O)c(S(=O)(=O)O)c2ccccc12.C=Cc1c(S(=O)(=O)O)c(S(=O)(=O)O)c(S(=O)(=O)O)c2ccccc12.C=Cc1c(S(=O)(=O)O)c(S(=O)(=O)O)c(S(=O)(=O)O)c2ccccc12.N.[Ca+2].[Mg+2].